The van der Waals surface area contributed by atoms with Gasteiger partial charge in [-0.2, -0.15) is 8.42 Å². The van der Waals surface area contributed by atoms with Gasteiger partial charge in [0.2, 0.25) is 0 Å². The summed E-state index contributed by atoms with van der Waals surface area (Å²) in [5, 5.41) is 0. The highest BCUT2D eigenvalue weighted by Crippen LogP contribution is 2.20. The van der Waals surface area contributed by atoms with Crippen molar-refractivity contribution in [2.75, 3.05) is 26.3 Å². The van der Waals surface area contributed by atoms with Crippen molar-refractivity contribution in [1.29, 1.82) is 0 Å². The van der Waals surface area contributed by atoms with Gasteiger partial charge in [-0.1, -0.05) is 55.8 Å². The first kappa shape index (κ1) is 19.6. The maximum Gasteiger partial charge on any atom is 0.284 e. The molecule has 0 bridgehead atoms. The minimum absolute atomic E-state index is 0.206. The van der Waals surface area contributed by atoms with E-state index in [9.17, 15) is 8.42 Å². The van der Waals surface area contributed by atoms with Crippen molar-refractivity contribution in [3.05, 3.63) is 65.2 Å². The third-order valence-electron chi connectivity index (χ3n) is 4.67. The summed E-state index contributed by atoms with van der Waals surface area (Å²) in [7, 11) is -3.79. The summed E-state index contributed by atoms with van der Waals surface area (Å²) >= 11 is 0. The van der Waals surface area contributed by atoms with Gasteiger partial charge in [0.1, 0.15) is 5.84 Å². The van der Waals surface area contributed by atoms with Gasteiger partial charge in [-0.15, -0.1) is 4.40 Å². The standard InChI is InChI=1S/C21H26N2O3S/c1-16(2)18-6-8-19(9-7-18)21(23-12-14-26-15-13-23)22-27(24,25)20-10-4-17(3)5-11-20/h4-11,16H,12-15H2,1-3H3/b22-21-. The van der Waals surface area contributed by atoms with Crippen molar-refractivity contribution < 1.29 is 13.2 Å². The Morgan fingerprint density at radius 2 is 1.59 bits per heavy atom. The van der Waals surface area contributed by atoms with Crippen molar-refractivity contribution >= 4 is 15.9 Å². The topological polar surface area (TPSA) is 59.0 Å². The maximum atomic E-state index is 12.9. The fourth-order valence-corrected chi connectivity index (χ4v) is 4.00. The highest BCUT2D eigenvalue weighted by atomic mass is 32.2. The van der Waals surface area contributed by atoms with Gasteiger partial charge in [-0.05, 0) is 30.5 Å². The lowest BCUT2D eigenvalue weighted by Gasteiger charge is -2.30. The van der Waals surface area contributed by atoms with E-state index in [1.54, 1.807) is 24.3 Å². The van der Waals surface area contributed by atoms with Crippen LogP contribution in [0, 0.1) is 6.92 Å². The molecule has 144 valence electrons. The summed E-state index contributed by atoms with van der Waals surface area (Å²) in [5.41, 5.74) is 3.02. The second-order valence-electron chi connectivity index (χ2n) is 7.08. The molecule has 0 saturated carbocycles. The second-order valence-corrected chi connectivity index (χ2v) is 8.68. The summed E-state index contributed by atoms with van der Waals surface area (Å²) in [4.78, 5) is 2.19. The van der Waals surface area contributed by atoms with Gasteiger partial charge in [-0.25, -0.2) is 0 Å². The molecule has 27 heavy (non-hydrogen) atoms. The van der Waals surface area contributed by atoms with E-state index >= 15 is 0 Å². The quantitative estimate of drug-likeness (QED) is 0.595. The third-order valence-corrected chi connectivity index (χ3v) is 5.95. The lowest BCUT2D eigenvalue weighted by atomic mass is 10.0. The Labute approximate surface area is 161 Å². The highest BCUT2D eigenvalue weighted by Gasteiger charge is 2.22. The molecule has 3 rings (SSSR count). The molecule has 1 aliphatic rings. The lowest BCUT2D eigenvalue weighted by molar-refractivity contribution is 0.0683. The van der Waals surface area contributed by atoms with Crippen molar-refractivity contribution in [2.24, 2.45) is 4.40 Å². The lowest BCUT2D eigenvalue weighted by Crippen LogP contribution is -2.41. The molecule has 0 N–H and O–H groups in total. The van der Waals surface area contributed by atoms with Crippen LogP contribution < -0.4 is 0 Å². The zero-order valence-corrected chi connectivity index (χ0v) is 16.9. The molecule has 0 radical (unpaired) electrons. The molecule has 1 saturated heterocycles. The number of sulfonamides is 1. The summed E-state index contributed by atoms with van der Waals surface area (Å²) in [6, 6.07) is 14.8. The van der Waals surface area contributed by atoms with Crippen molar-refractivity contribution in [3.8, 4) is 0 Å². The van der Waals surface area contributed by atoms with Crippen LogP contribution in [0.25, 0.3) is 0 Å². The van der Waals surface area contributed by atoms with Crippen LogP contribution in [-0.4, -0.2) is 45.5 Å². The molecule has 0 aromatic heterocycles. The van der Waals surface area contributed by atoms with Gasteiger partial charge in [0.25, 0.3) is 10.0 Å². The largest absolute Gasteiger partial charge is 0.378 e. The number of rotatable bonds is 4. The number of aryl methyl sites for hydroxylation is 1. The third kappa shape index (κ3) is 4.76. The van der Waals surface area contributed by atoms with E-state index in [0.717, 1.165) is 11.1 Å². The number of benzene rings is 2. The molecule has 6 heteroatoms. The van der Waals surface area contributed by atoms with Crippen LogP contribution in [0.5, 0.6) is 0 Å². The predicted octanol–water partition coefficient (Wildman–Crippen LogP) is 3.59. The van der Waals surface area contributed by atoms with Crippen LogP contribution in [0.15, 0.2) is 57.8 Å². The van der Waals surface area contributed by atoms with Crippen molar-refractivity contribution in [2.45, 2.75) is 31.6 Å². The second kappa shape index (κ2) is 8.23. The number of morpholine rings is 1. The molecular weight excluding hydrogens is 360 g/mol. The molecule has 1 fully saturated rings. The van der Waals surface area contributed by atoms with Gasteiger partial charge in [0.15, 0.2) is 0 Å². The Morgan fingerprint density at radius 3 is 2.15 bits per heavy atom. The fraction of sp³-hybridized carbons (Fsp3) is 0.381. The van der Waals surface area contributed by atoms with E-state index in [0.29, 0.717) is 38.1 Å². The Bertz CT molecular complexity index is 895. The number of hydrogen-bond donors (Lipinski definition) is 0. The molecular formula is C21H26N2O3S. The Hall–Kier alpha value is -2.18. The first-order valence-electron chi connectivity index (χ1n) is 9.21. The van der Waals surface area contributed by atoms with Gasteiger partial charge in [-0.3, -0.25) is 0 Å². The first-order valence-corrected chi connectivity index (χ1v) is 10.7. The Morgan fingerprint density at radius 1 is 1.00 bits per heavy atom. The summed E-state index contributed by atoms with van der Waals surface area (Å²) in [6.45, 7) is 8.56. The maximum absolute atomic E-state index is 12.9. The Balaban J connectivity index is 2.03. The highest BCUT2D eigenvalue weighted by molar-refractivity contribution is 7.90. The van der Waals surface area contributed by atoms with Crippen molar-refractivity contribution in [1.82, 2.24) is 4.90 Å². The van der Waals surface area contributed by atoms with Crippen LogP contribution in [0.1, 0.15) is 36.5 Å². The molecule has 1 heterocycles. The average molecular weight is 387 g/mol. The van der Waals surface area contributed by atoms with E-state index in [4.69, 9.17) is 4.74 Å². The van der Waals surface area contributed by atoms with E-state index in [1.807, 2.05) is 36.1 Å². The Kier molecular flexibility index (Phi) is 5.97. The van der Waals surface area contributed by atoms with Crippen LogP contribution in [0.4, 0.5) is 0 Å². The van der Waals surface area contributed by atoms with E-state index in [-0.39, 0.29) is 4.90 Å². The summed E-state index contributed by atoms with van der Waals surface area (Å²) < 4.78 is 35.5. The zero-order valence-electron chi connectivity index (χ0n) is 16.1. The molecule has 0 spiro atoms. The first-order chi connectivity index (χ1) is 12.9. The van der Waals surface area contributed by atoms with Crippen LogP contribution >= 0.6 is 0 Å². The van der Waals surface area contributed by atoms with Gasteiger partial charge < -0.3 is 9.64 Å². The zero-order chi connectivity index (χ0) is 19.4. The molecule has 0 unspecified atom stereocenters. The SMILES string of the molecule is Cc1ccc(S(=O)(=O)/N=C(/c2ccc(C(C)C)cc2)N2CCOCC2)cc1. The molecule has 0 aliphatic carbocycles. The monoisotopic (exact) mass is 386 g/mol. The number of amidine groups is 1. The molecule has 0 atom stereocenters. The summed E-state index contributed by atoms with van der Waals surface area (Å²) in [5.74, 6) is 0.897. The van der Waals surface area contributed by atoms with Crippen LogP contribution in [-0.2, 0) is 14.8 Å². The average Bonchev–Trinajstić information content (AvgIpc) is 2.67. The molecule has 5 nitrogen and oxygen atoms in total. The van der Waals surface area contributed by atoms with Gasteiger partial charge in [0.05, 0.1) is 18.1 Å². The molecule has 0 amide bonds. The smallest absolute Gasteiger partial charge is 0.284 e. The van der Waals surface area contributed by atoms with Gasteiger partial charge >= 0.3 is 0 Å². The molecule has 1 aliphatic heterocycles. The normalized spacial score (nSPS) is 16.0. The van der Waals surface area contributed by atoms with E-state index in [2.05, 4.69) is 18.2 Å². The van der Waals surface area contributed by atoms with E-state index < -0.39 is 10.0 Å². The van der Waals surface area contributed by atoms with E-state index in [1.165, 1.54) is 5.56 Å². The minimum Gasteiger partial charge on any atom is -0.378 e. The minimum atomic E-state index is -3.79. The summed E-state index contributed by atoms with van der Waals surface area (Å²) in [6.07, 6.45) is 0. The molecule has 2 aromatic carbocycles. The van der Waals surface area contributed by atoms with Gasteiger partial charge in [0, 0.05) is 18.7 Å². The molecule has 2 aromatic rings. The fourth-order valence-electron chi connectivity index (χ4n) is 2.96. The number of ether oxygens (including phenoxy) is 1. The van der Waals surface area contributed by atoms with Crippen molar-refractivity contribution in [3.63, 3.8) is 0 Å². The number of nitrogens with zero attached hydrogens (tertiary/aromatic N) is 2. The van der Waals surface area contributed by atoms with Crippen LogP contribution in [0.3, 0.4) is 0 Å². The number of hydrogen-bond acceptors (Lipinski definition) is 3. The predicted molar refractivity (Wildman–Crippen MR) is 108 cm³/mol. The van der Waals surface area contributed by atoms with Crippen LogP contribution in [0.2, 0.25) is 0 Å².